The summed E-state index contributed by atoms with van der Waals surface area (Å²) in [6, 6.07) is 0. The van der Waals surface area contributed by atoms with Crippen LogP contribution in [0.2, 0.25) is 0 Å². The van der Waals surface area contributed by atoms with E-state index in [1.165, 1.54) is 16.9 Å². The number of nitrogens with one attached hydrogen (secondary N) is 1. The van der Waals surface area contributed by atoms with Gasteiger partial charge in [0.2, 0.25) is 5.82 Å². The van der Waals surface area contributed by atoms with Gasteiger partial charge in [-0.15, -0.1) is 16.4 Å². The molecule has 3 heterocycles. The zero-order chi connectivity index (χ0) is 16.7. The lowest BCUT2D eigenvalue weighted by atomic mass is 9.89. The second-order valence-electron chi connectivity index (χ2n) is 6.23. The molecule has 1 N–H and O–H groups in total. The van der Waals surface area contributed by atoms with E-state index in [0.717, 1.165) is 28.7 Å². The van der Waals surface area contributed by atoms with Crippen molar-refractivity contribution < 1.29 is 9.53 Å². The fraction of sp³-hybridized carbons (Fsp3) is 0.500. The minimum Gasteiger partial charge on any atom is -0.383 e. The lowest BCUT2D eigenvalue weighted by Gasteiger charge is -2.17. The Bertz CT molecular complexity index is 916. The number of methoxy groups -OCH3 is 1. The summed E-state index contributed by atoms with van der Waals surface area (Å²) in [5, 5.41) is 8.10. The van der Waals surface area contributed by atoms with Crippen molar-refractivity contribution in [2.24, 2.45) is 5.92 Å². The molecule has 1 atom stereocenters. The number of hydrogen-bond donors (Lipinski definition) is 1. The Morgan fingerprint density at radius 1 is 1.54 bits per heavy atom. The molecule has 1 amide bonds. The second-order valence-corrected chi connectivity index (χ2v) is 7.31. The number of fused-ring (bicyclic) bond motifs is 5. The fourth-order valence-electron chi connectivity index (χ4n) is 3.19. The molecule has 24 heavy (non-hydrogen) atoms. The Morgan fingerprint density at radius 3 is 3.25 bits per heavy atom. The van der Waals surface area contributed by atoms with Crippen LogP contribution in [0.15, 0.2) is 6.33 Å². The molecule has 1 aliphatic carbocycles. The van der Waals surface area contributed by atoms with Crippen LogP contribution in [0.1, 0.15) is 34.4 Å². The third-order valence-corrected chi connectivity index (χ3v) is 5.62. The number of aryl methyl sites for hydroxylation is 1. The van der Waals surface area contributed by atoms with E-state index in [1.54, 1.807) is 29.3 Å². The Morgan fingerprint density at radius 2 is 2.42 bits per heavy atom. The highest BCUT2D eigenvalue weighted by atomic mass is 32.1. The Hall–Kier alpha value is -2.06. The monoisotopic (exact) mass is 345 g/mol. The van der Waals surface area contributed by atoms with Gasteiger partial charge in [0, 0.05) is 18.5 Å². The van der Waals surface area contributed by atoms with Crippen LogP contribution in [0.4, 0.5) is 0 Å². The molecule has 0 unspecified atom stereocenters. The minimum absolute atomic E-state index is 0.171. The Kier molecular flexibility index (Phi) is 3.93. The highest BCUT2D eigenvalue weighted by Crippen LogP contribution is 2.38. The van der Waals surface area contributed by atoms with E-state index in [0.29, 0.717) is 19.1 Å². The van der Waals surface area contributed by atoms with Gasteiger partial charge in [-0.3, -0.25) is 4.79 Å². The van der Waals surface area contributed by atoms with Gasteiger partial charge in [-0.05, 0) is 30.7 Å². The van der Waals surface area contributed by atoms with Gasteiger partial charge in [-0.25, -0.2) is 14.5 Å². The van der Waals surface area contributed by atoms with Gasteiger partial charge in [0.15, 0.2) is 5.65 Å². The van der Waals surface area contributed by atoms with Crippen LogP contribution in [0.25, 0.3) is 15.9 Å². The number of aromatic nitrogens is 4. The van der Waals surface area contributed by atoms with E-state index in [4.69, 9.17) is 4.74 Å². The summed E-state index contributed by atoms with van der Waals surface area (Å²) < 4.78 is 6.55. The highest BCUT2D eigenvalue weighted by molar-refractivity contribution is 7.19. The van der Waals surface area contributed by atoms with E-state index in [-0.39, 0.29) is 11.7 Å². The average molecular weight is 345 g/mol. The molecule has 4 rings (SSSR count). The summed E-state index contributed by atoms with van der Waals surface area (Å²) in [7, 11) is 1.60. The number of ether oxygens (including phenoxy) is 1. The quantitative estimate of drug-likeness (QED) is 0.730. The Labute approximate surface area is 143 Å². The number of carbonyl (C=O) groups is 1. The van der Waals surface area contributed by atoms with Crippen LogP contribution in [0.3, 0.4) is 0 Å². The largest absolute Gasteiger partial charge is 0.383 e. The molecule has 0 bridgehead atoms. The summed E-state index contributed by atoms with van der Waals surface area (Å²) in [5.74, 6) is 0.542. The molecule has 0 aliphatic heterocycles. The van der Waals surface area contributed by atoms with Gasteiger partial charge >= 0.3 is 0 Å². The van der Waals surface area contributed by atoms with E-state index in [9.17, 15) is 4.79 Å². The van der Waals surface area contributed by atoms with Gasteiger partial charge in [0.05, 0.1) is 12.0 Å². The normalized spacial score (nSPS) is 17.3. The maximum absolute atomic E-state index is 12.2. The molecule has 0 spiro atoms. The van der Waals surface area contributed by atoms with Crippen LogP contribution in [0.5, 0.6) is 0 Å². The zero-order valence-corrected chi connectivity index (χ0v) is 14.5. The molecule has 0 fully saturated rings. The number of nitrogens with zero attached hydrogens (tertiary/aromatic N) is 4. The van der Waals surface area contributed by atoms with E-state index >= 15 is 0 Å². The average Bonchev–Trinajstić information content (AvgIpc) is 3.15. The molecule has 7 nitrogen and oxygen atoms in total. The van der Waals surface area contributed by atoms with Gasteiger partial charge < -0.3 is 10.1 Å². The summed E-state index contributed by atoms with van der Waals surface area (Å²) in [6.45, 7) is 3.17. The molecule has 0 radical (unpaired) electrons. The molecule has 3 aromatic heterocycles. The maximum atomic E-state index is 12.2. The van der Waals surface area contributed by atoms with E-state index < -0.39 is 0 Å². The van der Waals surface area contributed by atoms with Gasteiger partial charge in [-0.1, -0.05) is 6.92 Å². The predicted octanol–water partition coefficient (Wildman–Crippen LogP) is 1.84. The Balaban J connectivity index is 1.77. The van der Waals surface area contributed by atoms with Crippen LogP contribution >= 0.6 is 11.3 Å². The first kappa shape index (κ1) is 15.5. The number of amides is 1. The smallest absolute Gasteiger partial charge is 0.291 e. The SMILES string of the molecule is COCCNC(=O)c1nc2c3c4c(sc3ncn2n1)CC[C@H](C)C4. The van der Waals surface area contributed by atoms with Crippen LogP contribution in [0, 0.1) is 5.92 Å². The first-order chi connectivity index (χ1) is 11.7. The first-order valence-corrected chi connectivity index (χ1v) is 8.91. The number of hydrogen-bond acceptors (Lipinski definition) is 6. The van der Waals surface area contributed by atoms with Gasteiger partial charge in [0.25, 0.3) is 5.91 Å². The van der Waals surface area contributed by atoms with Crippen molar-refractivity contribution in [2.75, 3.05) is 20.3 Å². The van der Waals surface area contributed by atoms with E-state index in [1.807, 2.05) is 0 Å². The van der Waals surface area contributed by atoms with Crippen molar-refractivity contribution in [3.63, 3.8) is 0 Å². The summed E-state index contributed by atoms with van der Waals surface area (Å²) in [5.41, 5.74) is 2.06. The number of rotatable bonds is 4. The van der Waals surface area contributed by atoms with Crippen LogP contribution < -0.4 is 5.32 Å². The molecule has 0 saturated carbocycles. The molecule has 3 aromatic rings. The third kappa shape index (κ3) is 2.55. The third-order valence-electron chi connectivity index (χ3n) is 4.42. The minimum atomic E-state index is -0.290. The molecule has 126 valence electrons. The second kappa shape index (κ2) is 6.10. The van der Waals surface area contributed by atoms with Crippen molar-refractivity contribution in [1.29, 1.82) is 0 Å². The first-order valence-electron chi connectivity index (χ1n) is 8.10. The predicted molar refractivity (Wildman–Crippen MR) is 91.6 cm³/mol. The fourth-order valence-corrected chi connectivity index (χ4v) is 4.37. The standard InChI is InChI=1S/C16H19N5O2S/c1-9-3-4-11-10(7-9)12-14-19-13(15(22)17-5-6-23-2)20-21(14)8-18-16(12)24-11/h8-9H,3-7H2,1-2H3,(H,17,22)/t9-/m0/s1. The van der Waals surface area contributed by atoms with E-state index in [2.05, 4.69) is 27.3 Å². The summed E-state index contributed by atoms with van der Waals surface area (Å²) in [4.78, 5) is 23.6. The molecule has 0 saturated heterocycles. The number of thiophene rings is 1. The molecular formula is C16H19N5O2S. The highest BCUT2D eigenvalue weighted by Gasteiger charge is 2.24. The van der Waals surface area contributed by atoms with Crippen molar-refractivity contribution in [3.05, 3.63) is 22.6 Å². The number of carbonyl (C=O) groups excluding carboxylic acids is 1. The van der Waals surface area contributed by atoms with Crippen molar-refractivity contribution >= 4 is 33.1 Å². The summed E-state index contributed by atoms with van der Waals surface area (Å²) in [6.07, 6.45) is 5.00. The maximum Gasteiger partial charge on any atom is 0.291 e. The zero-order valence-electron chi connectivity index (χ0n) is 13.7. The lowest BCUT2D eigenvalue weighted by molar-refractivity contribution is 0.0927. The topological polar surface area (TPSA) is 81.4 Å². The van der Waals surface area contributed by atoms with Crippen LogP contribution in [-0.2, 0) is 17.6 Å². The molecule has 0 aromatic carbocycles. The molecule has 8 heteroatoms. The van der Waals surface area contributed by atoms with Gasteiger partial charge in [0.1, 0.15) is 11.2 Å². The lowest BCUT2D eigenvalue weighted by Crippen LogP contribution is -2.27. The summed E-state index contributed by atoms with van der Waals surface area (Å²) >= 11 is 1.74. The van der Waals surface area contributed by atoms with Crippen molar-refractivity contribution in [1.82, 2.24) is 24.9 Å². The van der Waals surface area contributed by atoms with Crippen molar-refractivity contribution in [3.8, 4) is 0 Å². The molecular weight excluding hydrogens is 326 g/mol. The van der Waals surface area contributed by atoms with Crippen LogP contribution in [-0.4, -0.2) is 45.8 Å². The van der Waals surface area contributed by atoms with Crippen molar-refractivity contribution in [2.45, 2.75) is 26.2 Å². The molecule has 1 aliphatic rings. The van der Waals surface area contributed by atoms with Gasteiger partial charge in [-0.2, -0.15) is 0 Å².